The number of aromatic nitrogens is 1. The van der Waals surface area contributed by atoms with Crippen molar-refractivity contribution in [2.45, 2.75) is 13.5 Å². The second kappa shape index (κ2) is 5.59. The molecule has 0 atom stereocenters. The van der Waals surface area contributed by atoms with Crippen molar-refractivity contribution in [1.29, 1.82) is 0 Å². The molecule has 0 spiro atoms. The van der Waals surface area contributed by atoms with E-state index in [-0.39, 0.29) is 17.2 Å². The molecule has 1 N–H and O–H groups in total. The van der Waals surface area contributed by atoms with Gasteiger partial charge in [-0.15, -0.1) is 11.3 Å². The molecule has 2 aromatic rings. The zero-order chi connectivity index (χ0) is 14.0. The lowest BCUT2D eigenvalue weighted by Crippen LogP contribution is -2.26. The van der Waals surface area contributed by atoms with Gasteiger partial charge in [-0.1, -0.05) is 11.6 Å². The van der Waals surface area contributed by atoms with Gasteiger partial charge in [0.25, 0.3) is 5.91 Å². The molecule has 2 rings (SSSR count). The number of amides is 1. The third kappa shape index (κ3) is 3.05. The predicted octanol–water partition coefficient (Wildman–Crippen LogP) is 3.08. The van der Waals surface area contributed by atoms with E-state index in [0.717, 1.165) is 10.6 Å². The first-order chi connectivity index (χ1) is 8.99. The summed E-state index contributed by atoms with van der Waals surface area (Å²) < 4.78 is 0. The number of rotatable bonds is 3. The molecular weight excluding hydrogens is 284 g/mol. The van der Waals surface area contributed by atoms with Crippen LogP contribution in [0.25, 0.3) is 0 Å². The van der Waals surface area contributed by atoms with E-state index in [2.05, 4.69) is 4.98 Å². The van der Waals surface area contributed by atoms with E-state index in [1.54, 1.807) is 23.5 Å². The molecule has 1 amide bonds. The van der Waals surface area contributed by atoms with Crippen molar-refractivity contribution in [2.75, 3.05) is 7.05 Å². The SMILES string of the molecule is Cc1ncsc1CN(C)C(=O)c1ccc(Cl)cc1O. The molecule has 0 aliphatic heterocycles. The average molecular weight is 297 g/mol. The van der Waals surface area contributed by atoms with Gasteiger partial charge in [0.15, 0.2) is 0 Å². The molecule has 100 valence electrons. The first-order valence-electron chi connectivity index (χ1n) is 5.62. The summed E-state index contributed by atoms with van der Waals surface area (Å²) >= 11 is 7.25. The second-order valence-corrected chi connectivity index (χ2v) is 5.56. The Bertz CT molecular complexity index is 612. The lowest BCUT2D eigenvalue weighted by Gasteiger charge is -2.17. The standard InChI is InChI=1S/C13H13ClN2O2S/c1-8-12(19-7-15-8)6-16(2)13(18)10-4-3-9(14)5-11(10)17/h3-5,7,17H,6H2,1-2H3. The Kier molecular flexibility index (Phi) is 4.07. The summed E-state index contributed by atoms with van der Waals surface area (Å²) in [7, 11) is 1.69. The van der Waals surface area contributed by atoms with Crippen molar-refractivity contribution in [2.24, 2.45) is 0 Å². The Morgan fingerprint density at radius 3 is 2.84 bits per heavy atom. The number of benzene rings is 1. The van der Waals surface area contributed by atoms with Crippen LogP contribution in [0.3, 0.4) is 0 Å². The number of carbonyl (C=O) groups is 1. The van der Waals surface area contributed by atoms with Gasteiger partial charge < -0.3 is 10.0 Å². The van der Waals surface area contributed by atoms with E-state index in [0.29, 0.717) is 11.6 Å². The van der Waals surface area contributed by atoms with Crippen molar-refractivity contribution >= 4 is 28.8 Å². The summed E-state index contributed by atoms with van der Waals surface area (Å²) in [6.07, 6.45) is 0. The number of carbonyl (C=O) groups excluding carboxylic acids is 1. The first-order valence-corrected chi connectivity index (χ1v) is 6.87. The third-order valence-electron chi connectivity index (χ3n) is 2.76. The molecule has 0 unspecified atom stereocenters. The fourth-order valence-corrected chi connectivity index (χ4v) is 2.65. The predicted molar refractivity (Wildman–Crippen MR) is 75.8 cm³/mol. The third-order valence-corrected chi connectivity index (χ3v) is 3.92. The van der Waals surface area contributed by atoms with E-state index in [4.69, 9.17) is 11.6 Å². The molecule has 19 heavy (non-hydrogen) atoms. The number of hydrogen-bond acceptors (Lipinski definition) is 4. The Labute approximate surface area is 120 Å². The van der Waals surface area contributed by atoms with Gasteiger partial charge in [-0.3, -0.25) is 4.79 Å². The van der Waals surface area contributed by atoms with Crippen LogP contribution in [0.15, 0.2) is 23.7 Å². The Hall–Kier alpha value is -1.59. The molecule has 0 bridgehead atoms. The number of phenolic OH excluding ortho intramolecular Hbond substituents is 1. The minimum absolute atomic E-state index is 0.106. The highest BCUT2D eigenvalue weighted by atomic mass is 35.5. The van der Waals surface area contributed by atoms with Crippen LogP contribution in [-0.4, -0.2) is 27.9 Å². The molecule has 1 aromatic heterocycles. The Balaban J connectivity index is 2.17. The normalized spacial score (nSPS) is 10.5. The van der Waals surface area contributed by atoms with E-state index < -0.39 is 0 Å². The second-order valence-electron chi connectivity index (χ2n) is 4.18. The van der Waals surface area contributed by atoms with Gasteiger partial charge in [-0.25, -0.2) is 4.98 Å². The van der Waals surface area contributed by atoms with E-state index in [9.17, 15) is 9.90 Å². The van der Waals surface area contributed by atoms with Crippen LogP contribution in [-0.2, 0) is 6.54 Å². The maximum absolute atomic E-state index is 12.2. The largest absolute Gasteiger partial charge is 0.507 e. The topological polar surface area (TPSA) is 53.4 Å². The van der Waals surface area contributed by atoms with Gasteiger partial charge in [0.1, 0.15) is 5.75 Å². The number of hydrogen-bond donors (Lipinski definition) is 1. The summed E-state index contributed by atoms with van der Waals surface area (Å²) in [5.74, 6) is -0.354. The highest BCUT2D eigenvalue weighted by Crippen LogP contribution is 2.24. The van der Waals surface area contributed by atoms with Gasteiger partial charge in [-0.2, -0.15) is 0 Å². The summed E-state index contributed by atoms with van der Waals surface area (Å²) in [5.41, 5.74) is 2.92. The van der Waals surface area contributed by atoms with Crippen LogP contribution < -0.4 is 0 Å². The molecule has 0 saturated carbocycles. The monoisotopic (exact) mass is 296 g/mol. The van der Waals surface area contributed by atoms with Crippen molar-refractivity contribution in [3.05, 3.63) is 44.9 Å². The number of aryl methyl sites for hydroxylation is 1. The van der Waals surface area contributed by atoms with Crippen molar-refractivity contribution < 1.29 is 9.90 Å². The number of thiazole rings is 1. The van der Waals surface area contributed by atoms with Crippen LogP contribution in [0.4, 0.5) is 0 Å². The summed E-state index contributed by atoms with van der Waals surface area (Å²) in [6, 6.07) is 4.47. The molecule has 0 aliphatic carbocycles. The van der Waals surface area contributed by atoms with Gasteiger partial charge in [0.2, 0.25) is 0 Å². The van der Waals surface area contributed by atoms with Crippen LogP contribution in [0, 0.1) is 6.92 Å². The first kappa shape index (κ1) is 13.8. The molecule has 0 saturated heterocycles. The maximum atomic E-state index is 12.2. The van der Waals surface area contributed by atoms with Crippen molar-refractivity contribution in [1.82, 2.24) is 9.88 Å². The van der Waals surface area contributed by atoms with Gasteiger partial charge >= 0.3 is 0 Å². The number of phenols is 1. The van der Waals surface area contributed by atoms with Gasteiger partial charge in [-0.05, 0) is 25.1 Å². The number of halogens is 1. The molecule has 4 nitrogen and oxygen atoms in total. The number of nitrogens with zero attached hydrogens (tertiary/aromatic N) is 2. The molecule has 0 fully saturated rings. The minimum Gasteiger partial charge on any atom is -0.507 e. The molecule has 6 heteroatoms. The van der Waals surface area contributed by atoms with Crippen LogP contribution in [0.1, 0.15) is 20.9 Å². The summed E-state index contributed by atoms with van der Waals surface area (Å²) in [6.45, 7) is 2.38. The van der Waals surface area contributed by atoms with Crippen molar-refractivity contribution in [3.8, 4) is 5.75 Å². The quantitative estimate of drug-likeness (QED) is 0.947. The van der Waals surface area contributed by atoms with E-state index in [1.165, 1.54) is 23.5 Å². The van der Waals surface area contributed by atoms with E-state index in [1.807, 2.05) is 6.92 Å². The Morgan fingerprint density at radius 1 is 1.53 bits per heavy atom. The van der Waals surface area contributed by atoms with Crippen LogP contribution in [0.2, 0.25) is 5.02 Å². The van der Waals surface area contributed by atoms with Crippen molar-refractivity contribution in [3.63, 3.8) is 0 Å². The van der Waals surface area contributed by atoms with E-state index >= 15 is 0 Å². The zero-order valence-corrected chi connectivity index (χ0v) is 12.1. The molecule has 1 aromatic carbocycles. The minimum atomic E-state index is -0.248. The highest BCUT2D eigenvalue weighted by molar-refractivity contribution is 7.09. The molecular formula is C13H13ClN2O2S. The smallest absolute Gasteiger partial charge is 0.257 e. The van der Waals surface area contributed by atoms with Gasteiger partial charge in [0, 0.05) is 16.9 Å². The maximum Gasteiger partial charge on any atom is 0.257 e. The fraction of sp³-hybridized carbons (Fsp3) is 0.231. The highest BCUT2D eigenvalue weighted by Gasteiger charge is 2.17. The summed E-state index contributed by atoms with van der Waals surface area (Å²) in [5, 5.41) is 10.1. The molecule has 0 aliphatic rings. The average Bonchev–Trinajstić information content (AvgIpc) is 2.74. The Morgan fingerprint density at radius 2 is 2.26 bits per heavy atom. The summed E-state index contributed by atoms with van der Waals surface area (Å²) in [4.78, 5) is 18.9. The van der Waals surface area contributed by atoms with Crippen LogP contribution >= 0.6 is 22.9 Å². The van der Waals surface area contributed by atoms with Gasteiger partial charge in [0.05, 0.1) is 23.3 Å². The fourth-order valence-electron chi connectivity index (χ4n) is 1.66. The molecule has 1 heterocycles. The molecule has 0 radical (unpaired) electrons. The van der Waals surface area contributed by atoms with Crippen LogP contribution in [0.5, 0.6) is 5.75 Å². The zero-order valence-electron chi connectivity index (χ0n) is 10.6. The number of aromatic hydroxyl groups is 1. The lowest BCUT2D eigenvalue weighted by atomic mass is 10.1. The lowest BCUT2D eigenvalue weighted by molar-refractivity contribution is 0.0783.